The summed E-state index contributed by atoms with van der Waals surface area (Å²) in [4.78, 5) is 4.30. The minimum atomic E-state index is -1.41. The molecule has 204 valence electrons. The lowest BCUT2D eigenvalue weighted by atomic mass is 9.81. The number of benzene rings is 3. The number of aryl methyl sites for hydroxylation is 1. The fourth-order valence-corrected chi connectivity index (χ4v) is 5.82. The van der Waals surface area contributed by atoms with E-state index in [1.54, 1.807) is 43.3 Å². The Morgan fingerprint density at radius 2 is 1.73 bits per heavy atom. The van der Waals surface area contributed by atoms with Crippen LogP contribution in [0.15, 0.2) is 91.4 Å². The van der Waals surface area contributed by atoms with Gasteiger partial charge in [0.1, 0.15) is 11.6 Å². The molecule has 40 heavy (non-hydrogen) atoms. The number of allylic oxidation sites excluding steroid dienone is 4. The topological polar surface area (TPSA) is 36.3 Å². The number of halogens is 3. The molecule has 0 N–H and O–H groups in total. The highest BCUT2D eigenvalue weighted by Gasteiger charge is 2.42. The first-order valence-electron chi connectivity index (χ1n) is 13.4. The predicted octanol–water partition coefficient (Wildman–Crippen LogP) is 8.29. The van der Waals surface area contributed by atoms with Crippen LogP contribution in [0.2, 0.25) is 5.02 Å². The highest BCUT2D eigenvalue weighted by atomic mass is 35.5. The molecule has 3 unspecified atom stereocenters. The minimum absolute atomic E-state index is 0.209. The zero-order valence-corrected chi connectivity index (χ0v) is 23.0. The Morgan fingerprint density at radius 1 is 0.925 bits per heavy atom. The Balaban J connectivity index is 1.24. The normalized spacial score (nSPS) is 21.2. The molecular formula is C33H29ClF2N2O2. The molecule has 4 aromatic rings. The maximum atomic E-state index is 15.7. The van der Waals surface area contributed by atoms with Crippen LogP contribution in [-0.2, 0) is 25.2 Å². The molecule has 3 aromatic carbocycles. The van der Waals surface area contributed by atoms with Crippen molar-refractivity contribution in [2.24, 2.45) is 11.8 Å². The molecule has 7 heteroatoms. The molecule has 0 bridgehead atoms. The van der Waals surface area contributed by atoms with E-state index in [-0.39, 0.29) is 22.3 Å². The van der Waals surface area contributed by atoms with Crippen LogP contribution < -0.4 is 9.47 Å². The third kappa shape index (κ3) is 4.92. The zero-order valence-electron chi connectivity index (χ0n) is 22.3. The summed E-state index contributed by atoms with van der Waals surface area (Å²) in [6.45, 7) is 4.63. The van der Waals surface area contributed by atoms with Crippen molar-refractivity contribution in [2.45, 2.75) is 39.0 Å². The maximum absolute atomic E-state index is 15.7. The van der Waals surface area contributed by atoms with Crippen molar-refractivity contribution in [3.8, 4) is 22.6 Å². The van der Waals surface area contributed by atoms with Crippen LogP contribution >= 0.6 is 11.6 Å². The highest BCUT2D eigenvalue weighted by Crippen LogP contribution is 2.50. The Hall–Kier alpha value is -3.90. The predicted molar refractivity (Wildman–Crippen MR) is 152 cm³/mol. The number of para-hydroxylation sites is 1. The van der Waals surface area contributed by atoms with Crippen molar-refractivity contribution in [3.05, 3.63) is 125 Å². The molecule has 0 spiro atoms. The van der Waals surface area contributed by atoms with Gasteiger partial charge in [-0.15, -0.1) is 0 Å². The molecule has 0 saturated carbocycles. The number of hydrogen-bond acceptors (Lipinski definition) is 3. The largest absolute Gasteiger partial charge is 0.444 e. The van der Waals surface area contributed by atoms with Crippen molar-refractivity contribution in [1.29, 1.82) is 0 Å². The van der Waals surface area contributed by atoms with E-state index in [1.165, 1.54) is 17.8 Å². The average molecular weight is 559 g/mol. The number of imidazole rings is 1. The first-order valence-corrected chi connectivity index (χ1v) is 13.8. The van der Waals surface area contributed by atoms with Gasteiger partial charge in [0, 0.05) is 41.5 Å². The van der Waals surface area contributed by atoms with Gasteiger partial charge < -0.3 is 14.0 Å². The van der Waals surface area contributed by atoms with Crippen LogP contribution in [0.1, 0.15) is 30.7 Å². The number of ether oxygens (including phenoxy) is 2. The first-order chi connectivity index (χ1) is 19.3. The molecule has 4 nitrogen and oxygen atoms in total. The Kier molecular flexibility index (Phi) is 6.97. The summed E-state index contributed by atoms with van der Waals surface area (Å²) in [5.41, 5.74) is 3.27. The number of aromatic nitrogens is 2. The quantitative estimate of drug-likeness (QED) is 0.229. The van der Waals surface area contributed by atoms with E-state index in [0.717, 1.165) is 18.5 Å². The van der Waals surface area contributed by atoms with E-state index in [1.807, 2.05) is 18.6 Å². The highest BCUT2D eigenvalue weighted by molar-refractivity contribution is 6.30. The fraction of sp³-hybridized carbons (Fsp3) is 0.242. The van der Waals surface area contributed by atoms with E-state index in [0.29, 0.717) is 35.0 Å². The van der Waals surface area contributed by atoms with Gasteiger partial charge in [-0.3, -0.25) is 0 Å². The van der Waals surface area contributed by atoms with Crippen LogP contribution in [0.4, 0.5) is 8.78 Å². The van der Waals surface area contributed by atoms with E-state index < -0.39 is 11.6 Å². The van der Waals surface area contributed by atoms with Gasteiger partial charge in [-0.1, -0.05) is 60.2 Å². The van der Waals surface area contributed by atoms with Gasteiger partial charge in [0.2, 0.25) is 0 Å². The lowest BCUT2D eigenvalue weighted by molar-refractivity contribution is -0.0705. The average Bonchev–Trinajstić information content (AvgIpc) is 3.53. The summed E-state index contributed by atoms with van der Waals surface area (Å²) in [5, 5.41) is 0.279. The lowest BCUT2D eigenvalue weighted by Crippen LogP contribution is -2.32. The summed E-state index contributed by atoms with van der Waals surface area (Å²) in [7, 11) is 0. The molecule has 0 saturated heterocycles. The van der Waals surface area contributed by atoms with E-state index in [9.17, 15) is 4.39 Å². The molecule has 6 rings (SSSR count). The smallest absolute Gasteiger partial charge is 0.278 e. The zero-order chi connectivity index (χ0) is 27.9. The summed E-state index contributed by atoms with van der Waals surface area (Å²) < 4.78 is 44.8. The molecule has 2 heterocycles. The molecule has 0 amide bonds. The standard InChI is InChI=1S/C33H29ClF2N2O2/c1-3-38-20-37-19-25(38)17-23-8-5-4-7-22(23)15-21-11-13-26(29(35)16-21)27-9-6-10-31-32(27)40-33(2,39-31)28-14-12-24(34)18-30(28)36/h4-14,16,18-20,22-23H,3,15,17H2,1-2H3. The van der Waals surface area contributed by atoms with Gasteiger partial charge in [0.15, 0.2) is 11.5 Å². The molecule has 0 fully saturated rings. The fourth-order valence-electron chi connectivity index (χ4n) is 5.67. The Bertz CT molecular complexity index is 1630. The third-order valence-corrected chi connectivity index (χ3v) is 7.99. The van der Waals surface area contributed by atoms with E-state index >= 15 is 4.39 Å². The second-order valence-corrected chi connectivity index (χ2v) is 10.8. The Labute approximate surface area is 237 Å². The summed E-state index contributed by atoms with van der Waals surface area (Å²) in [6, 6.07) is 15.0. The van der Waals surface area contributed by atoms with Gasteiger partial charge in [-0.05, 0) is 67.5 Å². The van der Waals surface area contributed by atoms with Crippen LogP contribution in [-0.4, -0.2) is 9.55 Å². The second kappa shape index (κ2) is 10.6. The molecule has 2 aliphatic rings. The second-order valence-electron chi connectivity index (χ2n) is 10.4. The van der Waals surface area contributed by atoms with Gasteiger partial charge >= 0.3 is 0 Å². The summed E-state index contributed by atoms with van der Waals surface area (Å²) >= 11 is 5.93. The summed E-state index contributed by atoms with van der Waals surface area (Å²) in [6.07, 6.45) is 14.0. The monoisotopic (exact) mass is 558 g/mol. The molecule has 1 aliphatic heterocycles. The van der Waals surface area contributed by atoms with E-state index in [4.69, 9.17) is 21.1 Å². The van der Waals surface area contributed by atoms with Crippen molar-refractivity contribution < 1.29 is 18.3 Å². The molecule has 1 aliphatic carbocycles. The van der Waals surface area contributed by atoms with E-state index in [2.05, 4.69) is 40.8 Å². The number of hydrogen-bond donors (Lipinski definition) is 0. The van der Waals surface area contributed by atoms with Crippen LogP contribution in [0.5, 0.6) is 11.5 Å². The van der Waals surface area contributed by atoms with Crippen LogP contribution in [0.25, 0.3) is 11.1 Å². The van der Waals surface area contributed by atoms with Crippen molar-refractivity contribution in [3.63, 3.8) is 0 Å². The van der Waals surface area contributed by atoms with Crippen molar-refractivity contribution >= 4 is 11.6 Å². The molecule has 1 aromatic heterocycles. The summed E-state index contributed by atoms with van der Waals surface area (Å²) in [5.74, 6) is -0.968. The SMILES string of the molecule is CCn1cncc1CC1C=CC=CC1Cc1ccc(-c2cccc3c2OC(C)(c2ccc(Cl)cc2F)O3)c(F)c1. The van der Waals surface area contributed by atoms with Gasteiger partial charge in [-0.2, -0.15) is 0 Å². The third-order valence-electron chi connectivity index (χ3n) is 7.76. The first kappa shape index (κ1) is 26.3. The number of fused-ring (bicyclic) bond motifs is 1. The van der Waals surface area contributed by atoms with Crippen molar-refractivity contribution in [2.75, 3.05) is 0 Å². The van der Waals surface area contributed by atoms with Gasteiger partial charge in [0.25, 0.3) is 5.79 Å². The van der Waals surface area contributed by atoms with Gasteiger partial charge in [-0.25, -0.2) is 13.8 Å². The Morgan fingerprint density at radius 3 is 2.48 bits per heavy atom. The lowest BCUT2D eigenvalue weighted by Gasteiger charge is -2.25. The maximum Gasteiger partial charge on any atom is 0.278 e. The van der Waals surface area contributed by atoms with Gasteiger partial charge in [0.05, 0.1) is 11.9 Å². The number of nitrogens with zero attached hydrogens (tertiary/aromatic N) is 2. The van der Waals surface area contributed by atoms with Crippen LogP contribution in [0, 0.1) is 23.5 Å². The molecular weight excluding hydrogens is 530 g/mol. The molecule has 3 atom stereocenters. The molecule has 0 radical (unpaired) electrons. The number of rotatable bonds is 7. The van der Waals surface area contributed by atoms with Crippen molar-refractivity contribution in [1.82, 2.24) is 9.55 Å². The minimum Gasteiger partial charge on any atom is -0.444 e. The van der Waals surface area contributed by atoms with Crippen LogP contribution in [0.3, 0.4) is 0 Å².